The van der Waals surface area contributed by atoms with Gasteiger partial charge >= 0.3 is 0 Å². The second kappa shape index (κ2) is 28.3. The lowest BCUT2D eigenvalue weighted by molar-refractivity contribution is -0.661. The van der Waals surface area contributed by atoms with Gasteiger partial charge in [-0.15, -0.1) is 0 Å². The Balaban J connectivity index is 0.000000104. The number of furan rings is 4. The lowest BCUT2D eigenvalue weighted by Gasteiger charge is -2.10. The van der Waals surface area contributed by atoms with E-state index in [1.54, 1.807) is 0 Å². The molecule has 12 heteroatoms. The van der Waals surface area contributed by atoms with E-state index in [0.717, 1.165) is 155 Å². The molecule has 0 aliphatic heterocycles. The summed E-state index contributed by atoms with van der Waals surface area (Å²) in [5, 5.41) is 13.3. The molecule has 0 saturated heterocycles. The first-order valence-electron chi connectivity index (χ1n) is 38.8. The zero-order chi connectivity index (χ0) is 76.0. The summed E-state index contributed by atoms with van der Waals surface area (Å²) in [5.74, 6) is 1.21. The van der Waals surface area contributed by atoms with Gasteiger partial charge in [0.05, 0.1) is 44.3 Å². The number of nitrogens with zero attached hydrogens (tertiary/aromatic N) is 8. The summed E-state index contributed by atoms with van der Waals surface area (Å²) in [7, 11) is 8.44. The molecule has 0 unspecified atom stereocenters. The van der Waals surface area contributed by atoms with E-state index in [-0.39, 0.29) is 0 Å². The molecule has 544 valence electrons. The summed E-state index contributed by atoms with van der Waals surface area (Å²) in [5.41, 5.74) is 29.6. The molecule has 20 aromatic rings. The summed E-state index contributed by atoms with van der Waals surface area (Å²) in [6, 6.07) is 76.5. The molecular weight excluding hydrogens is 1370 g/mol. The number of fused-ring (bicyclic) bond motifs is 16. The zero-order valence-corrected chi connectivity index (χ0v) is 65.0. The maximum atomic E-state index is 6.39. The van der Waals surface area contributed by atoms with Crippen molar-refractivity contribution < 1.29 is 35.9 Å². The standard InChI is InChI=1S/C27H25N2O.C25H23N2O.C24H21N2O.C23H19N2O/c1-17-11-13-21-22-15-19-9-5-6-10-23(19)28-27(22)30-26(21)25(17)24-14-12-20(16-29(24)2)18-7-3-4-8-18;1-15(2)18-10-12-22(27(4)14-18)23-16(3)9-11-19-20-13-17-7-5-6-8-21(17)26-25(20)28-24(19)23;1-4-16-10-12-21(26(3)14-16)22-15(2)9-11-18-19-13-17-7-5-6-8-20(17)25-24(19)27-23(18)22;1-14-8-11-20(25(3)13-14)21-15(2)9-10-17-18-12-16-6-4-5-7-19(16)24-23(18)26-22(17)21/h5-6,9-16,18H,3-4,7-8H2,1-2H3;5-15H,1-4H3;5-14H,4H2,1-3H3;4-13H,1-3H3/q4*+1. The van der Waals surface area contributed by atoms with Crippen LogP contribution in [0.4, 0.5) is 0 Å². The second-order valence-corrected chi connectivity index (χ2v) is 30.7. The Hall–Kier alpha value is -12.8. The van der Waals surface area contributed by atoms with Gasteiger partial charge in [-0.25, -0.2) is 38.2 Å². The summed E-state index contributed by atoms with van der Waals surface area (Å²) >= 11 is 0. The molecule has 8 aromatic carbocycles. The minimum absolute atomic E-state index is 0.500. The predicted octanol–water partition coefficient (Wildman–Crippen LogP) is 23.4. The van der Waals surface area contributed by atoms with Gasteiger partial charge in [0, 0.05) is 111 Å². The van der Waals surface area contributed by atoms with E-state index in [0.29, 0.717) is 34.7 Å². The fourth-order valence-electron chi connectivity index (χ4n) is 16.9. The Morgan fingerprint density at radius 1 is 0.342 bits per heavy atom. The number of pyridine rings is 8. The van der Waals surface area contributed by atoms with Crippen LogP contribution in [0, 0.1) is 34.6 Å². The van der Waals surface area contributed by atoms with E-state index in [1.165, 1.54) is 75.9 Å². The molecule has 1 aliphatic rings. The van der Waals surface area contributed by atoms with Gasteiger partial charge < -0.3 is 17.7 Å². The minimum atomic E-state index is 0.500. The lowest BCUT2D eigenvalue weighted by Crippen LogP contribution is -2.31. The lowest BCUT2D eigenvalue weighted by atomic mass is 9.96. The highest BCUT2D eigenvalue weighted by Crippen LogP contribution is 2.43. The highest BCUT2D eigenvalue weighted by atomic mass is 16.4. The SMILES string of the molecule is CCc1ccc(-c2c(C)ccc3c2oc2nc4ccccc4cc23)[n+](C)c1.Cc1ccc(-c2c(C)ccc3c2oc2nc4ccccc4cc23)[n+](C)c1.Cc1ccc2c(oc3nc4ccccc4cc32)c1-c1ccc(C(C)C)c[n+]1C.Cc1ccc2c(oc3nc4ccccc4cc32)c1-c1ccc(C2CCCC2)c[n+]1C. The number of hydrogen-bond acceptors (Lipinski definition) is 8. The molecule has 1 fully saturated rings. The number of aryl methyl sites for hydroxylation is 10. The van der Waals surface area contributed by atoms with Crippen LogP contribution in [0.3, 0.4) is 0 Å². The van der Waals surface area contributed by atoms with Crippen LogP contribution in [0.1, 0.15) is 103 Å². The number of hydrogen-bond donors (Lipinski definition) is 0. The monoisotopic (exact) mass is 1450 g/mol. The third kappa shape index (κ3) is 12.6. The zero-order valence-electron chi connectivity index (χ0n) is 65.0. The van der Waals surface area contributed by atoms with Crippen molar-refractivity contribution in [3.63, 3.8) is 0 Å². The van der Waals surface area contributed by atoms with Crippen LogP contribution in [0.2, 0.25) is 0 Å². The van der Waals surface area contributed by atoms with Gasteiger partial charge in [-0.3, -0.25) is 0 Å². The van der Waals surface area contributed by atoms with Crippen molar-refractivity contribution in [1.82, 2.24) is 19.9 Å². The van der Waals surface area contributed by atoms with Crippen molar-refractivity contribution in [2.45, 2.75) is 99.3 Å². The van der Waals surface area contributed by atoms with Crippen molar-refractivity contribution in [2.24, 2.45) is 28.2 Å². The molecule has 21 rings (SSSR count). The van der Waals surface area contributed by atoms with Crippen molar-refractivity contribution in [3.8, 4) is 45.0 Å². The van der Waals surface area contributed by atoms with Crippen LogP contribution in [-0.4, -0.2) is 19.9 Å². The summed E-state index contributed by atoms with van der Waals surface area (Å²) in [6.07, 6.45) is 15.2. The Morgan fingerprint density at radius 3 is 1.00 bits per heavy atom. The third-order valence-electron chi connectivity index (χ3n) is 22.9. The third-order valence-corrected chi connectivity index (χ3v) is 22.9. The molecule has 12 aromatic heterocycles. The quantitative estimate of drug-likeness (QED) is 0.145. The predicted molar refractivity (Wildman–Crippen MR) is 451 cm³/mol. The molecule has 0 bridgehead atoms. The Bertz CT molecular complexity index is 7130. The second-order valence-electron chi connectivity index (χ2n) is 30.7. The molecule has 0 amide bonds. The van der Waals surface area contributed by atoms with Crippen molar-refractivity contribution in [2.75, 3.05) is 0 Å². The Morgan fingerprint density at radius 2 is 0.667 bits per heavy atom. The van der Waals surface area contributed by atoms with Crippen LogP contribution < -0.4 is 18.3 Å². The normalized spacial score (nSPS) is 12.6. The van der Waals surface area contributed by atoms with E-state index in [2.05, 4.69) is 278 Å². The molecule has 1 saturated carbocycles. The first kappa shape index (κ1) is 69.9. The van der Waals surface area contributed by atoms with Gasteiger partial charge in [-0.2, -0.15) is 0 Å². The summed E-state index contributed by atoms with van der Waals surface area (Å²) < 4.78 is 34.2. The minimum Gasteiger partial charge on any atom is -0.437 e. The van der Waals surface area contributed by atoms with Crippen LogP contribution in [0.25, 0.3) is 177 Å². The van der Waals surface area contributed by atoms with Crippen LogP contribution in [0.5, 0.6) is 0 Å². The number of aromatic nitrogens is 8. The first-order chi connectivity index (χ1) is 54.0. The maximum absolute atomic E-state index is 6.39. The average molecular weight is 1450 g/mol. The number of para-hydroxylation sites is 4. The van der Waals surface area contributed by atoms with E-state index < -0.39 is 0 Å². The highest BCUT2D eigenvalue weighted by molar-refractivity contribution is 6.15. The number of benzene rings is 8. The first-order valence-corrected chi connectivity index (χ1v) is 38.8. The van der Waals surface area contributed by atoms with Gasteiger partial charge in [0.25, 0.3) is 0 Å². The number of rotatable bonds is 7. The van der Waals surface area contributed by atoms with Crippen LogP contribution >= 0.6 is 0 Å². The molecule has 0 radical (unpaired) electrons. The van der Waals surface area contributed by atoms with Crippen LogP contribution in [0.15, 0.2) is 261 Å². The topological polar surface area (TPSA) is 120 Å². The molecule has 0 N–H and O–H groups in total. The summed E-state index contributed by atoms with van der Waals surface area (Å²) in [4.78, 5) is 19.1. The van der Waals surface area contributed by atoms with Gasteiger partial charge in [0.2, 0.25) is 45.6 Å². The smallest absolute Gasteiger partial charge is 0.227 e. The average Bonchev–Trinajstić information content (AvgIpc) is 1.62. The molecule has 1 aliphatic carbocycles. The van der Waals surface area contributed by atoms with Gasteiger partial charge in [0.1, 0.15) is 28.2 Å². The van der Waals surface area contributed by atoms with E-state index >= 15 is 0 Å². The van der Waals surface area contributed by atoms with E-state index in [1.807, 2.05) is 66.7 Å². The Kier molecular flexibility index (Phi) is 17.8. The fourth-order valence-corrected chi connectivity index (χ4v) is 16.9. The Labute approximate surface area is 644 Å². The molecule has 0 spiro atoms. The van der Waals surface area contributed by atoms with Gasteiger partial charge in [0.15, 0.2) is 47.1 Å². The molecule has 111 heavy (non-hydrogen) atoms. The highest BCUT2D eigenvalue weighted by Gasteiger charge is 2.28. The molecule has 12 heterocycles. The van der Waals surface area contributed by atoms with E-state index in [9.17, 15) is 0 Å². The van der Waals surface area contributed by atoms with Crippen molar-refractivity contribution in [1.29, 1.82) is 0 Å². The molecular formula is C99H88N8O4+4. The maximum Gasteiger partial charge on any atom is 0.227 e. The van der Waals surface area contributed by atoms with Crippen LogP contribution in [-0.2, 0) is 34.6 Å². The summed E-state index contributed by atoms with van der Waals surface area (Å²) in [6.45, 7) is 17.3. The largest absolute Gasteiger partial charge is 0.437 e. The fraction of sp³-hybridized carbons (Fsp3) is 0.192. The van der Waals surface area contributed by atoms with E-state index in [4.69, 9.17) is 37.6 Å². The molecule has 12 nitrogen and oxygen atoms in total. The van der Waals surface area contributed by atoms with Gasteiger partial charge in [-0.05, 0) is 161 Å². The van der Waals surface area contributed by atoms with Crippen molar-refractivity contribution in [3.05, 3.63) is 288 Å². The van der Waals surface area contributed by atoms with Crippen molar-refractivity contribution >= 4 is 132 Å². The van der Waals surface area contributed by atoms with Gasteiger partial charge in [-0.1, -0.05) is 155 Å². The molecule has 0 atom stereocenters.